The normalized spacial score (nSPS) is 21.6. The molecular formula is C24H27ClO5. The number of esters is 1. The first-order valence-electron chi connectivity index (χ1n) is 10.2. The Morgan fingerprint density at radius 2 is 1.90 bits per heavy atom. The molecule has 2 aromatic rings. The van der Waals surface area contributed by atoms with E-state index in [1.807, 2.05) is 42.5 Å². The monoisotopic (exact) mass is 430 g/mol. The van der Waals surface area contributed by atoms with Gasteiger partial charge in [0.25, 0.3) is 0 Å². The first kappa shape index (κ1) is 22.3. The highest BCUT2D eigenvalue weighted by molar-refractivity contribution is 6.31. The second-order valence-corrected chi connectivity index (χ2v) is 7.52. The summed E-state index contributed by atoms with van der Waals surface area (Å²) >= 11 is 6.33. The summed E-state index contributed by atoms with van der Waals surface area (Å²) in [6, 6.07) is 14.6. The van der Waals surface area contributed by atoms with Gasteiger partial charge in [0.1, 0.15) is 5.75 Å². The van der Waals surface area contributed by atoms with Gasteiger partial charge < -0.3 is 19.3 Å². The van der Waals surface area contributed by atoms with Gasteiger partial charge in [0.15, 0.2) is 6.29 Å². The van der Waals surface area contributed by atoms with Gasteiger partial charge in [0.05, 0.1) is 19.3 Å². The molecule has 1 aliphatic heterocycles. The second kappa shape index (κ2) is 11.2. The molecule has 1 saturated heterocycles. The number of halogens is 1. The average Bonchev–Trinajstić information content (AvgIpc) is 2.75. The van der Waals surface area contributed by atoms with Gasteiger partial charge in [-0.2, -0.15) is 0 Å². The van der Waals surface area contributed by atoms with Gasteiger partial charge in [-0.25, -0.2) is 0 Å². The van der Waals surface area contributed by atoms with Crippen LogP contribution in [0.15, 0.2) is 60.7 Å². The zero-order chi connectivity index (χ0) is 21.3. The predicted octanol–water partition coefficient (Wildman–Crippen LogP) is 5.74. The maximum atomic E-state index is 11.4. The highest BCUT2D eigenvalue weighted by Gasteiger charge is 2.35. The van der Waals surface area contributed by atoms with Crippen LogP contribution in [0.1, 0.15) is 49.7 Å². The standard InChI is InChI=1S/C24H27ClO5/c1-2-28-22(27)15-5-3-4-10-17-16-29-24(18-11-6-8-13-20(18)25)30-23(17)19-12-7-9-14-21(19)26/h3-4,6-9,11-14,17,23-24,26H,2,5,10,15-16H2,1H3. The van der Waals surface area contributed by atoms with Crippen molar-refractivity contribution in [3.63, 3.8) is 0 Å². The van der Waals surface area contributed by atoms with Gasteiger partial charge in [-0.3, -0.25) is 4.79 Å². The number of para-hydroxylation sites is 1. The lowest BCUT2D eigenvalue weighted by atomic mass is 9.91. The minimum atomic E-state index is -0.604. The summed E-state index contributed by atoms with van der Waals surface area (Å²) in [4.78, 5) is 11.4. The summed E-state index contributed by atoms with van der Waals surface area (Å²) in [5, 5.41) is 11.0. The summed E-state index contributed by atoms with van der Waals surface area (Å²) in [6.45, 7) is 2.65. The molecule has 1 N–H and O–H groups in total. The fraction of sp³-hybridized carbons (Fsp3) is 0.375. The van der Waals surface area contributed by atoms with E-state index in [1.54, 1.807) is 25.1 Å². The zero-order valence-corrected chi connectivity index (χ0v) is 17.8. The van der Waals surface area contributed by atoms with Crippen molar-refractivity contribution in [1.29, 1.82) is 0 Å². The number of phenolic OH excluding ortho intramolecular Hbond substituents is 1. The van der Waals surface area contributed by atoms with E-state index < -0.39 is 6.29 Å². The summed E-state index contributed by atoms with van der Waals surface area (Å²) < 4.78 is 17.2. The Kier molecular flexibility index (Phi) is 8.31. The molecule has 6 heteroatoms. The predicted molar refractivity (Wildman–Crippen MR) is 115 cm³/mol. The van der Waals surface area contributed by atoms with E-state index in [-0.39, 0.29) is 23.7 Å². The molecule has 2 aromatic carbocycles. The minimum absolute atomic E-state index is 0.0101. The number of hydrogen-bond donors (Lipinski definition) is 1. The number of allylic oxidation sites excluding steroid dienone is 2. The van der Waals surface area contributed by atoms with Crippen LogP contribution >= 0.6 is 11.6 Å². The van der Waals surface area contributed by atoms with E-state index in [1.165, 1.54) is 0 Å². The van der Waals surface area contributed by atoms with Gasteiger partial charge in [-0.1, -0.05) is 60.2 Å². The van der Waals surface area contributed by atoms with Crippen LogP contribution < -0.4 is 0 Å². The molecule has 30 heavy (non-hydrogen) atoms. The molecule has 0 radical (unpaired) electrons. The molecule has 0 aromatic heterocycles. The second-order valence-electron chi connectivity index (χ2n) is 7.11. The number of carbonyl (C=O) groups is 1. The lowest BCUT2D eigenvalue weighted by Crippen LogP contribution is -2.30. The molecule has 5 nitrogen and oxygen atoms in total. The summed E-state index contributed by atoms with van der Waals surface area (Å²) in [5.41, 5.74) is 1.49. The number of aromatic hydroxyl groups is 1. The van der Waals surface area contributed by atoms with Crippen molar-refractivity contribution in [1.82, 2.24) is 0 Å². The topological polar surface area (TPSA) is 65.0 Å². The van der Waals surface area contributed by atoms with Crippen LogP contribution in [0.25, 0.3) is 0 Å². The van der Waals surface area contributed by atoms with Crippen molar-refractivity contribution in [2.24, 2.45) is 5.92 Å². The van der Waals surface area contributed by atoms with E-state index in [0.717, 1.165) is 11.1 Å². The Hall–Kier alpha value is -2.34. The van der Waals surface area contributed by atoms with E-state index in [2.05, 4.69) is 0 Å². The number of rotatable bonds is 8. The van der Waals surface area contributed by atoms with Crippen molar-refractivity contribution in [3.8, 4) is 5.75 Å². The Bertz CT molecular complexity index is 866. The fourth-order valence-electron chi connectivity index (χ4n) is 3.48. The molecule has 0 saturated carbocycles. The van der Waals surface area contributed by atoms with Crippen LogP contribution in [0.2, 0.25) is 5.02 Å². The Balaban J connectivity index is 1.70. The number of ether oxygens (including phenoxy) is 3. The first-order valence-corrected chi connectivity index (χ1v) is 10.6. The van der Waals surface area contributed by atoms with Crippen molar-refractivity contribution in [3.05, 3.63) is 76.8 Å². The Labute approximate surface area is 182 Å². The molecule has 0 aliphatic carbocycles. The number of benzene rings is 2. The molecule has 0 spiro atoms. The minimum Gasteiger partial charge on any atom is -0.508 e. The molecule has 3 rings (SSSR count). The first-order chi connectivity index (χ1) is 14.6. The maximum absolute atomic E-state index is 11.4. The number of hydrogen-bond acceptors (Lipinski definition) is 5. The summed E-state index contributed by atoms with van der Waals surface area (Å²) in [5.74, 6) is 0.00984. The van der Waals surface area contributed by atoms with Crippen LogP contribution in [0.3, 0.4) is 0 Å². The third kappa shape index (κ3) is 5.85. The molecule has 160 valence electrons. The highest BCUT2D eigenvalue weighted by Crippen LogP contribution is 2.43. The molecule has 3 atom stereocenters. The van der Waals surface area contributed by atoms with Crippen LogP contribution in [0.5, 0.6) is 5.75 Å². The SMILES string of the molecule is CCOC(=O)CCC=CCC1COC(c2ccccc2Cl)OC1c1ccccc1O. The van der Waals surface area contributed by atoms with E-state index in [0.29, 0.717) is 37.5 Å². The summed E-state index contributed by atoms with van der Waals surface area (Å²) in [6.07, 6.45) is 4.72. The number of phenols is 1. The van der Waals surface area contributed by atoms with Crippen LogP contribution in [-0.2, 0) is 19.0 Å². The maximum Gasteiger partial charge on any atom is 0.306 e. The lowest BCUT2D eigenvalue weighted by Gasteiger charge is -2.37. The van der Waals surface area contributed by atoms with Gasteiger partial charge in [0, 0.05) is 28.5 Å². The highest BCUT2D eigenvalue weighted by atomic mass is 35.5. The van der Waals surface area contributed by atoms with Gasteiger partial charge in [-0.05, 0) is 31.9 Å². The van der Waals surface area contributed by atoms with Gasteiger partial charge >= 0.3 is 5.97 Å². The largest absolute Gasteiger partial charge is 0.508 e. The molecule has 0 amide bonds. The fourth-order valence-corrected chi connectivity index (χ4v) is 3.71. The Morgan fingerprint density at radius 3 is 2.63 bits per heavy atom. The van der Waals surface area contributed by atoms with Crippen molar-refractivity contribution < 1.29 is 24.1 Å². The molecule has 1 fully saturated rings. The van der Waals surface area contributed by atoms with Gasteiger partial charge in [-0.15, -0.1) is 0 Å². The molecular weight excluding hydrogens is 404 g/mol. The van der Waals surface area contributed by atoms with E-state index >= 15 is 0 Å². The van der Waals surface area contributed by atoms with E-state index in [9.17, 15) is 9.90 Å². The van der Waals surface area contributed by atoms with Crippen molar-refractivity contribution in [2.75, 3.05) is 13.2 Å². The van der Waals surface area contributed by atoms with Crippen molar-refractivity contribution in [2.45, 2.75) is 38.6 Å². The third-order valence-electron chi connectivity index (χ3n) is 4.99. The van der Waals surface area contributed by atoms with E-state index in [4.69, 9.17) is 25.8 Å². The lowest BCUT2D eigenvalue weighted by molar-refractivity contribution is -0.244. The van der Waals surface area contributed by atoms with Crippen LogP contribution in [0.4, 0.5) is 0 Å². The van der Waals surface area contributed by atoms with Gasteiger partial charge in [0.2, 0.25) is 0 Å². The Morgan fingerprint density at radius 1 is 1.17 bits per heavy atom. The number of carbonyl (C=O) groups excluding carboxylic acids is 1. The molecule has 0 bridgehead atoms. The van der Waals surface area contributed by atoms with Crippen LogP contribution in [-0.4, -0.2) is 24.3 Å². The average molecular weight is 431 g/mol. The third-order valence-corrected chi connectivity index (χ3v) is 5.33. The smallest absolute Gasteiger partial charge is 0.306 e. The molecule has 1 aliphatic rings. The zero-order valence-electron chi connectivity index (χ0n) is 17.0. The van der Waals surface area contributed by atoms with Crippen LogP contribution in [0, 0.1) is 5.92 Å². The quantitative estimate of drug-likeness (QED) is 0.427. The summed E-state index contributed by atoms with van der Waals surface area (Å²) in [7, 11) is 0. The molecule has 1 heterocycles. The molecule has 3 unspecified atom stereocenters. The van der Waals surface area contributed by atoms with Crippen molar-refractivity contribution >= 4 is 17.6 Å².